The highest BCUT2D eigenvalue weighted by atomic mass is 16.5. The van der Waals surface area contributed by atoms with Gasteiger partial charge < -0.3 is 20.6 Å². The van der Waals surface area contributed by atoms with E-state index in [4.69, 9.17) is 15.4 Å². The maximum absolute atomic E-state index is 9.55. The second kappa shape index (κ2) is 5.04. The number of nitrogens with zero attached hydrogens (tertiary/aromatic N) is 3. The fourth-order valence-electron chi connectivity index (χ4n) is 1.95. The monoisotopic (exact) mass is 284 g/mol. The topological polar surface area (TPSA) is 110 Å². The van der Waals surface area contributed by atoms with Gasteiger partial charge in [-0.2, -0.15) is 4.73 Å². The Hall–Kier alpha value is -3.22. The summed E-state index contributed by atoms with van der Waals surface area (Å²) >= 11 is 0. The molecule has 0 spiro atoms. The molecule has 4 N–H and O–H groups in total. The maximum Gasteiger partial charge on any atom is 0.211 e. The van der Waals surface area contributed by atoms with Gasteiger partial charge in [0.2, 0.25) is 5.82 Å². The van der Waals surface area contributed by atoms with E-state index in [9.17, 15) is 5.21 Å². The van der Waals surface area contributed by atoms with Gasteiger partial charge >= 0.3 is 0 Å². The molecule has 0 saturated carbocycles. The van der Waals surface area contributed by atoms with Crippen molar-refractivity contribution in [2.75, 3.05) is 0 Å². The Labute approximate surface area is 119 Å². The van der Waals surface area contributed by atoms with Crippen LogP contribution in [0.5, 0.6) is 0 Å². The third kappa shape index (κ3) is 2.32. The van der Waals surface area contributed by atoms with Gasteiger partial charge in [0.15, 0.2) is 11.6 Å². The van der Waals surface area contributed by atoms with Crippen molar-refractivity contribution < 1.29 is 14.8 Å². The highest BCUT2D eigenvalue weighted by Gasteiger charge is 2.11. The maximum atomic E-state index is 9.55. The Morgan fingerprint density at radius 1 is 1.14 bits per heavy atom. The summed E-state index contributed by atoms with van der Waals surface area (Å²) in [6, 6.07) is 10.5. The predicted octanol–water partition coefficient (Wildman–Crippen LogP) is 2.14. The van der Waals surface area contributed by atoms with Crippen LogP contribution in [-0.2, 0) is 0 Å². The lowest BCUT2D eigenvalue weighted by Gasteiger charge is -2.01. The molecule has 1 aromatic carbocycles. The lowest BCUT2D eigenvalue weighted by Crippen LogP contribution is -2.12. The summed E-state index contributed by atoms with van der Waals surface area (Å²) in [4.78, 5) is 4.00. The fraction of sp³-hybridized carbons (Fsp3) is 0. The van der Waals surface area contributed by atoms with Crippen LogP contribution < -0.4 is 5.73 Å². The van der Waals surface area contributed by atoms with Crippen molar-refractivity contribution in [2.45, 2.75) is 0 Å². The van der Waals surface area contributed by atoms with Crippen molar-refractivity contribution in [1.29, 1.82) is 0 Å². The van der Waals surface area contributed by atoms with Crippen molar-refractivity contribution in [3.8, 4) is 22.9 Å². The summed E-state index contributed by atoms with van der Waals surface area (Å²) in [5, 5.41) is 21.1. The molecule has 0 fully saturated rings. The zero-order valence-corrected chi connectivity index (χ0v) is 10.8. The third-order valence-electron chi connectivity index (χ3n) is 3.02. The average molecular weight is 284 g/mol. The van der Waals surface area contributed by atoms with Crippen LogP contribution in [0.2, 0.25) is 0 Å². The van der Waals surface area contributed by atoms with Crippen molar-refractivity contribution in [1.82, 2.24) is 9.71 Å². The number of benzene rings is 1. The lowest BCUT2D eigenvalue weighted by molar-refractivity contribution is 0.189. The van der Waals surface area contributed by atoms with E-state index >= 15 is 0 Å². The Morgan fingerprint density at radius 3 is 2.48 bits per heavy atom. The molecule has 7 heteroatoms. The molecule has 0 aliphatic carbocycles. The summed E-state index contributed by atoms with van der Waals surface area (Å²) in [7, 11) is 0. The van der Waals surface area contributed by atoms with Crippen molar-refractivity contribution in [3.05, 3.63) is 54.4 Å². The molecular formula is C14H12N4O3. The van der Waals surface area contributed by atoms with Crippen LogP contribution in [0.1, 0.15) is 5.56 Å². The van der Waals surface area contributed by atoms with Gasteiger partial charge in [0.1, 0.15) is 5.76 Å². The lowest BCUT2D eigenvalue weighted by atomic mass is 10.1. The first-order valence-corrected chi connectivity index (χ1v) is 6.10. The Balaban J connectivity index is 1.92. The molecule has 106 valence electrons. The van der Waals surface area contributed by atoms with E-state index in [1.807, 2.05) is 0 Å². The van der Waals surface area contributed by atoms with Gasteiger partial charge in [-0.15, -0.1) is 0 Å². The van der Waals surface area contributed by atoms with E-state index in [-0.39, 0.29) is 5.84 Å². The molecule has 0 saturated heterocycles. The van der Waals surface area contributed by atoms with Crippen LogP contribution in [0.3, 0.4) is 0 Å². The number of hydrogen-bond donors (Lipinski definition) is 3. The van der Waals surface area contributed by atoms with Crippen molar-refractivity contribution in [2.24, 2.45) is 10.9 Å². The second-order valence-electron chi connectivity index (χ2n) is 4.32. The van der Waals surface area contributed by atoms with Crippen LogP contribution in [0, 0.1) is 0 Å². The largest absolute Gasteiger partial charge is 0.453 e. The number of hydrogen-bond acceptors (Lipinski definition) is 5. The number of oxime groups is 1. The summed E-state index contributed by atoms with van der Waals surface area (Å²) in [5.74, 6) is 1.45. The Kier molecular flexibility index (Phi) is 3.07. The van der Waals surface area contributed by atoms with E-state index in [1.54, 1.807) is 36.4 Å². The first kappa shape index (κ1) is 12.8. The third-order valence-corrected chi connectivity index (χ3v) is 3.02. The predicted molar refractivity (Wildman–Crippen MR) is 75.1 cm³/mol. The van der Waals surface area contributed by atoms with E-state index in [0.717, 1.165) is 10.3 Å². The first-order chi connectivity index (χ1) is 10.2. The minimum absolute atomic E-state index is 0.0454. The van der Waals surface area contributed by atoms with Gasteiger partial charge in [-0.25, -0.2) is 4.98 Å². The molecule has 3 aromatic rings. The molecule has 2 heterocycles. The van der Waals surface area contributed by atoms with Crippen molar-refractivity contribution >= 4 is 5.84 Å². The summed E-state index contributed by atoms with van der Waals surface area (Å²) in [6.07, 6.45) is 2.90. The molecule has 0 amide bonds. The Bertz CT molecular complexity index is 787. The molecule has 21 heavy (non-hydrogen) atoms. The number of aromatic nitrogens is 2. The molecule has 0 bridgehead atoms. The first-order valence-electron chi connectivity index (χ1n) is 6.10. The molecule has 2 aromatic heterocycles. The van der Waals surface area contributed by atoms with Gasteiger partial charge in [0.05, 0.1) is 6.20 Å². The van der Waals surface area contributed by atoms with Crippen LogP contribution >= 0.6 is 0 Å². The summed E-state index contributed by atoms with van der Waals surface area (Å²) in [5.41, 5.74) is 6.94. The molecule has 0 unspecified atom stereocenters. The van der Waals surface area contributed by atoms with Gasteiger partial charge in [0.25, 0.3) is 0 Å². The second-order valence-corrected chi connectivity index (χ2v) is 4.32. The SMILES string of the molecule is N/C(=N\O)c1ccc(-c2ccc(-c3nccn3O)o2)cc1. The fourth-order valence-corrected chi connectivity index (χ4v) is 1.95. The van der Waals surface area contributed by atoms with E-state index in [1.165, 1.54) is 12.4 Å². The van der Waals surface area contributed by atoms with Crippen LogP contribution in [0.15, 0.2) is 58.4 Å². The van der Waals surface area contributed by atoms with Crippen molar-refractivity contribution in [3.63, 3.8) is 0 Å². The minimum Gasteiger partial charge on any atom is -0.453 e. The molecule has 3 rings (SSSR count). The number of furan rings is 1. The number of rotatable bonds is 3. The zero-order chi connectivity index (χ0) is 14.8. The number of nitrogens with two attached hydrogens (primary N) is 1. The van der Waals surface area contributed by atoms with Crippen LogP contribution in [0.25, 0.3) is 22.9 Å². The van der Waals surface area contributed by atoms with Gasteiger partial charge in [-0.3, -0.25) is 0 Å². The van der Waals surface area contributed by atoms with E-state index in [0.29, 0.717) is 22.9 Å². The highest BCUT2D eigenvalue weighted by Crippen LogP contribution is 2.27. The molecule has 7 nitrogen and oxygen atoms in total. The molecule has 0 aliphatic rings. The normalized spacial score (nSPS) is 11.7. The summed E-state index contributed by atoms with van der Waals surface area (Å²) in [6.45, 7) is 0. The van der Waals surface area contributed by atoms with Crippen LogP contribution in [-0.4, -0.2) is 26.0 Å². The number of amidine groups is 1. The van der Waals surface area contributed by atoms with Gasteiger partial charge in [-0.05, 0) is 12.1 Å². The minimum atomic E-state index is 0.0454. The summed E-state index contributed by atoms with van der Waals surface area (Å²) < 4.78 is 6.56. The average Bonchev–Trinajstić information content (AvgIpc) is 3.15. The molecular weight excluding hydrogens is 272 g/mol. The smallest absolute Gasteiger partial charge is 0.211 e. The highest BCUT2D eigenvalue weighted by molar-refractivity contribution is 5.97. The van der Waals surface area contributed by atoms with Crippen LogP contribution in [0.4, 0.5) is 0 Å². The zero-order valence-electron chi connectivity index (χ0n) is 10.8. The number of imidazole rings is 1. The van der Waals surface area contributed by atoms with E-state index in [2.05, 4.69) is 10.1 Å². The molecule has 0 atom stereocenters. The Morgan fingerprint density at radius 2 is 1.86 bits per heavy atom. The van der Waals surface area contributed by atoms with Gasteiger partial charge in [-0.1, -0.05) is 29.4 Å². The van der Waals surface area contributed by atoms with Gasteiger partial charge in [0, 0.05) is 17.3 Å². The molecule has 0 radical (unpaired) electrons. The molecule has 0 aliphatic heterocycles. The quantitative estimate of drug-likeness (QED) is 0.224. The van der Waals surface area contributed by atoms with E-state index < -0.39 is 0 Å². The standard InChI is InChI=1S/C14H12N4O3/c15-13(17-19)10-3-1-9(2-4-10)11-5-6-12(21-11)14-16-7-8-18(14)20/h1-8,19-20H,(H2,15,17).